The molecule has 2 heteroatoms. The highest BCUT2D eigenvalue weighted by atomic mass is 79.9. The summed E-state index contributed by atoms with van der Waals surface area (Å²) in [5.41, 5.74) is 1.22. The molecule has 1 aromatic rings. The molecule has 1 N–H and O–H groups in total. The van der Waals surface area contributed by atoms with Gasteiger partial charge < -0.3 is 5.32 Å². The zero-order valence-corrected chi connectivity index (χ0v) is 8.64. The van der Waals surface area contributed by atoms with Gasteiger partial charge in [-0.2, -0.15) is 0 Å². The first-order chi connectivity index (χ1) is 5.84. The quantitative estimate of drug-likeness (QED) is 0.835. The molecule has 0 amide bonds. The third-order valence-corrected chi connectivity index (χ3v) is 2.25. The van der Waals surface area contributed by atoms with Crippen molar-refractivity contribution in [2.24, 2.45) is 0 Å². The molecule has 1 nitrogen and oxygen atoms in total. The van der Waals surface area contributed by atoms with Crippen molar-refractivity contribution in [2.45, 2.75) is 0 Å². The van der Waals surface area contributed by atoms with Crippen LogP contribution >= 0.6 is 15.9 Å². The van der Waals surface area contributed by atoms with Crippen LogP contribution in [0.4, 0.5) is 0 Å². The predicted octanol–water partition coefficient (Wildman–Crippen LogP) is 2.68. The van der Waals surface area contributed by atoms with Gasteiger partial charge in [0.25, 0.3) is 0 Å². The summed E-state index contributed by atoms with van der Waals surface area (Å²) in [5, 5.41) is 3.06. The van der Waals surface area contributed by atoms with E-state index >= 15 is 0 Å². The summed E-state index contributed by atoms with van der Waals surface area (Å²) in [6.07, 6.45) is 4.20. The van der Waals surface area contributed by atoms with Gasteiger partial charge in [-0.15, -0.1) is 0 Å². The highest BCUT2D eigenvalue weighted by Gasteiger charge is 1.90. The van der Waals surface area contributed by atoms with Crippen LogP contribution < -0.4 is 5.32 Å². The maximum Gasteiger partial charge on any atom is 0.0247 e. The standard InChI is InChI=1S/C10H12BrN/c1-12-8-4-6-9-5-2-3-7-10(9)11/h2-7,12H,8H2,1H3. The molecule has 0 bridgehead atoms. The molecule has 0 aliphatic carbocycles. The van der Waals surface area contributed by atoms with Crippen molar-refractivity contribution in [1.82, 2.24) is 5.32 Å². The molecule has 64 valence electrons. The third kappa shape index (κ3) is 2.80. The van der Waals surface area contributed by atoms with E-state index in [4.69, 9.17) is 0 Å². The number of hydrogen-bond acceptors (Lipinski definition) is 1. The Balaban J connectivity index is 2.68. The van der Waals surface area contributed by atoms with Crippen molar-refractivity contribution in [2.75, 3.05) is 13.6 Å². The van der Waals surface area contributed by atoms with Crippen molar-refractivity contribution in [3.8, 4) is 0 Å². The molecule has 0 radical (unpaired) electrons. The third-order valence-electron chi connectivity index (χ3n) is 1.52. The lowest BCUT2D eigenvalue weighted by molar-refractivity contribution is 0.922. The smallest absolute Gasteiger partial charge is 0.0247 e. The minimum Gasteiger partial charge on any atom is -0.316 e. The van der Waals surface area contributed by atoms with Crippen LogP contribution in [-0.2, 0) is 0 Å². The van der Waals surface area contributed by atoms with Crippen LogP contribution in [0.25, 0.3) is 6.08 Å². The van der Waals surface area contributed by atoms with Crippen LogP contribution in [0.15, 0.2) is 34.8 Å². The van der Waals surface area contributed by atoms with Crippen LogP contribution in [-0.4, -0.2) is 13.6 Å². The number of benzene rings is 1. The van der Waals surface area contributed by atoms with Gasteiger partial charge in [-0.25, -0.2) is 0 Å². The maximum absolute atomic E-state index is 3.48. The van der Waals surface area contributed by atoms with E-state index < -0.39 is 0 Å². The first kappa shape index (κ1) is 9.49. The fourth-order valence-electron chi connectivity index (χ4n) is 0.914. The summed E-state index contributed by atoms with van der Waals surface area (Å²) >= 11 is 3.48. The van der Waals surface area contributed by atoms with Crippen LogP contribution in [0.2, 0.25) is 0 Å². The highest BCUT2D eigenvalue weighted by Crippen LogP contribution is 2.16. The summed E-state index contributed by atoms with van der Waals surface area (Å²) in [7, 11) is 1.93. The van der Waals surface area contributed by atoms with E-state index in [1.807, 2.05) is 25.2 Å². The van der Waals surface area contributed by atoms with E-state index in [0.29, 0.717) is 0 Å². The number of nitrogens with one attached hydrogen (secondary N) is 1. The molecular formula is C10H12BrN. The Labute approximate surface area is 81.6 Å². The van der Waals surface area contributed by atoms with Gasteiger partial charge in [-0.1, -0.05) is 46.3 Å². The Morgan fingerprint density at radius 3 is 2.83 bits per heavy atom. The molecule has 0 atom stereocenters. The van der Waals surface area contributed by atoms with Gasteiger partial charge in [0, 0.05) is 11.0 Å². The molecule has 12 heavy (non-hydrogen) atoms. The van der Waals surface area contributed by atoms with Gasteiger partial charge in [0.1, 0.15) is 0 Å². The average Bonchev–Trinajstić information content (AvgIpc) is 2.09. The minimum absolute atomic E-state index is 0.904. The zero-order valence-electron chi connectivity index (χ0n) is 7.05. The molecule has 1 rings (SSSR count). The minimum atomic E-state index is 0.904. The maximum atomic E-state index is 3.48. The Morgan fingerprint density at radius 1 is 1.42 bits per heavy atom. The summed E-state index contributed by atoms with van der Waals surface area (Å²) in [6.45, 7) is 0.904. The second-order valence-electron chi connectivity index (χ2n) is 2.48. The summed E-state index contributed by atoms with van der Waals surface area (Å²) < 4.78 is 1.14. The van der Waals surface area contributed by atoms with Gasteiger partial charge >= 0.3 is 0 Å². The molecule has 0 aliphatic heterocycles. The Bertz CT molecular complexity index is 268. The van der Waals surface area contributed by atoms with Crippen molar-refractivity contribution in [1.29, 1.82) is 0 Å². The SMILES string of the molecule is CNCC=Cc1ccccc1Br. The average molecular weight is 226 g/mol. The molecule has 0 aliphatic rings. The first-order valence-electron chi connectivity index (χ1n) is 3.90. The highest BCUT2D eigenvalue weighted by molar-refractivity contribution is 9.10. The van der Waals surface area contributed by atoms with Crippen LogP contribution in [0.1, 0.15) is 5.56 Å². The summed E-state index contributed by atoms with van der Waals surface area (Å²) in [4.78, 5) is 0. The van der Waals surface area contributed by atoms with Crippen LogP contribution in [0.5, 0.6) is 0 Å². The number of hydrogen-bond donors (Lipinski definition) is 1. The first-order valence-corrected chi connectivity index (χ1v) is 4.69. The molecule has 0 saturated carbocycles. The van der Waals surface area contributed by atoms with Crippen molar-refractivity contribution in [3.05, 3.63) is 40.4 Å². The number of rotatable bonds is 3. The van der Waals surface area contributed by atoms with Crippen molar-refractivity contribution < 1.29 is 0 Å². The van der Waals surface area contributed by atoms with E-state index in [1.165, 1.54) is 5.56 Å². The number of likely N-dealkylation sites (N-methyl/N-ethyl adjacent to an activating group) is 1. The van der Waals surface area contributed by atoms with Crippen LogP contribution in [0.3, 0.4) is 0 Å². The second kappa shape index (κ2) is 5.12. The lowest BCUT2D eigenvalue weighted by Crippen LogP contribution is -2.03. The molecule has 0 unspecified atom stereocenters. The summed E-state index contributed by atoms with van der Waals surface area (Å²) in [5.74, 6) is 0. The fraction of sp³-hybridized carbons (Fsp3) is 0.200. The summed E-state index contributed by atoms with van der Waals surface area (Å²) in [6, 6.07) is 8.17. The molecule has 0 fully saturated rings. The molecular weight excluding hydrogens is 214 g/mol. The van der Waals surface area contributed by atoms with Gasteiger partial charge in [-0.3, -0.25) is 0 Å². The largest absolute Gasteiger partial charge is 0.316 e. The van der Waals surface area contributed by atoms with E-state index in [1.54, 1.807) is 0 Å². The molecule has 0 saturated heterocycles. The zero-order chi connectivity index (χ0) is 8.81. The van der Waals surface area contributed by atoms with E-state index in [2.05, 4.69) is 39.5 Å². The Kier molecular flexibility index (Phi) is 4.05. The Morgan fingerprint density at radius 2 is 2.17 bits per heavy atom. The molecule has 0 heterocycles. The number of halogens is 1. The van der Waals surface area contributed by atoms with Gasteiger partial charge in [0.05, 0.1) is 0 Å². The van der Waals surface area contributed by atoms with Crippen molar-refractivity contribution in [3.63, 3.8) is 0 Å². The van der Waals surface area contributed by atoms with Crippen LogP contribution in [0, 0.1) is 0 Å². The van der Waals surface area contributed by atoms with Crippen molar-refractivity contribution >= 4 is 22.0 Å². The predicted molar refractivity (Wildman–Crippen MR) is 57.1 cm³/mol. The van der Waals surface area contributed by atoms with Gasteiger partial charge in [-0.05, 0) is 18.7 Å². The second-order valence-corrected chi connectivity index (χ2v) is 3.34. The topological polar surface area (TPSA) is 12.0 Å². The van der Waals surface area contributed by atoms with E-state index in [9.17, 15) is 0 Å². The van der Waals surface area contributed by atoms with Gasteiger partial charge in [0.15, 0.2) is 0 Å². The van der Waals surface area contributed by atoms with E-state index in [0.717, 1.165) is 11.0 Å². The molecule has 0 aromatic heterocycles. The lowest BCUT2D eigenvalue weighted by Gasteiger charge is -1.96. The lowest BCUT2D eigenvalue weighted by atomic mass is 10.2. The van der Waals surface area contributed by atoms with Gasteiger partial charge in [0.2, 0.25) is 0 Å². The normalized spacial score (nSPS) is 10.8. The molecule has 1 aromatic carbocycles. The monoisotopic (exact) mass is 225 g/mol. The molecule has 0 spiro atoms. The Hall–Kier alpha value is -0.600. The fourth-order valence-corrected chi connectivity index (χ4v) is 1.33. The van der Waals surface area contributed by atoms with E-state index in [-0.39, 0.29) is 0 Å².